The van der Waals surface area contributed by atoms with Gasteiger partial charge in [-0.1, -0.05) is 25.1 Å². The van der Waals surface area contributed by atoms with Crippen molar-refractivity contribution in [2.75, 3.05) is 6.67 Å². The van der Waals surface area contributed by atoms with Crippen LogP contribution in [-0.4, -0.2) is 26.2 Å². The van der Waals surface area contributed by atoms with Crippen molar-refractivity contribution in [1.82, 2.24) is 4.72 Å². The van der Waals surface area contributed by atoms with Gasteiger partial charge in [0.2, 0.25) is 0 Å². The minimum absolute atomic E-state index is 0.0557. The average Bonchev–Trinajstić information content (AvgIpc) is 2.55. The molecule has 4 nitrogen and oxygen atoms in total. The fourth-order valence-corrected chi connectivity index (χ4v) is 2.89. The molecule has 2 unspecified atom stereocenters. The minimum Gasteiger partial charge on any atom is -0.598 e. The molecule has 3 N–H and O–H groups in total. The first kappa shape index (κ1) is 21.5. The number of rotatable bonds is 7. The van der Waals surface area contributed by atoms with Gasteiger partial charge < -0.3 is 14.8 Å². The molecule has 0 heterocycles. The zero-order chi connectivity index (χ0) is 19.2. The topological polar surface area (TPSA) is 75.5 Å². The molecule has 6 heteroatoms. The molecular weight excluding hydrogens is 341 g/mol. The summed E-state index contributed by atoms with van der Waals surface area (Å²) in [6, 6.07) is 6.27. The lowest BCUT2D eigenvalue weighted by molar-refractivity contribution is 0.393. The van der Waals surface area contributed by atoms with Gasteiger partial charge >= 0.3 is 0 Å². The first-order chi connectivity index (χ1) is 11.6. The van der Waals surface area contributed by atoms with E-state index in [-0.39, 0.29) is 11.5 Å². The fraction of sp³-hybridized carbons (Fsp3) is 0.474. The molecule has 0 aliphatic carbocycles. The maximum Gasteiger partial charge on any atom is 0.136 e. The normalized spacial score (nSPS) is 16.4. The van der Waals surface area contributed by atoms with Gasteiger partial charge in [0.1, 0.15) is 17.5 Å². The van der Waals surface area contributed by atoms with Gasteiger partial charge in [-0.15, -0.1) is 4.72 Å². The summed E-state index contributed by atoms with van der Waals surface area (Å²) < 4.78 is 28.1. The van der Waals surface area contributed by atoms with Crippen LogP contribution in [0.5, 0.6) is 0 Å². The van der Waals surface area contributed by atoms with Crippen LogP contribution in [-0.2, 0) is 11.4 Å². The van der Waals surface area contributed by atoms with Crippen LogP contribution in [0.4, 0.5) is 4.39 Å². The van der Waals surface area contributed by atoms with Gasteiger partial charge in [0.15, 0.2) is 0 Å². The quantitative estimate of drug-likeness (QED) is 0.363. The number of hydrogen-bond donors (Lipinski definition) is 3. The second-order valence-corrected chi connectivity index (χ2v) is 8.82. The maximum absolute atomic E-state index is 13.5. The Hall–Kier alpha value is -1.50. The van der Waals surface area contributed by atoms with E-state index < -0.39 is 28.8 Å². The first-order valence-corrected chi connectivity index (χ1v) is 9.38. The summed E-state index contributed by atoms with van der Waals surface area (Å²) >= 11 is -1.41. The van der Waals surface area contributed by atoms with Gasteiger partial charge in [0.05, 0.1) is 11.5 Å². The molecule has 0 bridgehead atoms. The van der Waals surface area contributed by atoms with Gasteiger partial charge in [-0.05, 0) is 51.0 Å². The number of alkyl halides is 1. The van der Waals surface area contributed by atoms with Crippen LogP contribution in [0.25, 0.3) is 5.57 Å². The lowest BCUT2D eigenvalue weighted by atomic mass is 9.98. The third kappa shape index (κ3) is 6.38. The van der Waals surface area contributed by atoms with Gasteiger partial charge in [0.25, 0.3) is 0 Å². The van der Waals surface area contributed by atoms with E-state index in [0.717, 1.165) is 0 Å². The molecule has 0 fully saturated rings. The Balaban J connectivity index is 3.20. The number of aliphatic hydroxyl groups is 2. The summed E-state index contributed by atoms with van der Waals surface area (Å²) in [4.78, 5) is 0. The van der Waals surface area contributed by atoms with Crippen LogP contribution in [0.1, 0.15) is 58.2 Å². The molecule has 2 atom stereocenters. The average molecular weight is 370 g/mol. The molecule has 0 saturated carbocycles. The van der Waals surface area contributed by atoms with Crippen molar-refractivity contribution in [3.63, 3.8) is 0 Å². The molecule has 0 radical (unpaired) electrons. The third-order valence-corrected chi connectivity index (χ3v) is 5.23. The number of nitrogens with one attached hydrogen (secondary N) is 1. The van der Waals surface area contributed by atoms with Crippen LogP contribution in [0.15, 0.2) is 41.9 Å². The van der Waals surface area contributed by atoms with E-state index in [1.807, 2.05) is 20.8 Å². The number of halogens is 1. The van der Waals surface area contributed by atoms with Crippen LogP contribution in [0.2, 0.25) is 0 Å². The van der Waals surface area contributed by atoms with E-state index in [4.69, 9.17) is 0 Å². The van der Waals surface area contributed by atoms with Crippen molar-refractivity contribution >= 4 is 16.9 Å². The predicted octanol–water partition coefficient (Wildman–Crippen LogP) is 4.89. The lowest BCUT2D eigenvalue weighted by Gasteiger charge is -2.27. The van der Waals surface area contributed by atoms with Crippen LogP contribution in [0.3, 0.4) is 0 Å². The summed E-state index contributed by atoms with van der Waals surface area (Å²) in [6.07, 6.45) is 1.94. The highest BCUT2D eigenvalue weighted by Crippen LogP contribution is 2.26. The Morgan fingerprint density at radius 3 is 2.48 bits per heavy atom. The molecule has 0 saturated heterocycles. The Morgan fingerprint density at radius 1 is 1.36 bits per heavy atom. The zero-order valence-corrected chi connectivity index (χ0v) is 16.3. The molecule has 0 aliphatic rings. The summed E-state index contributed by atoms with van der Waals surface area (Å²) in [5.74, 6) is 0.197. The van der Waals surface area contributed by atoms with Gasteiger partial charge in [-0.25, -0.2) is 4.39 Å². The first-order valence-electron chi connectivity index (χ1n) is 8.23. The van der Waals surface area contributed by atoms with Gasteiger partial charge in [-0.2, -0.15) is 0 Å². The highest BCUT2D eigenvalue weighted by Gasteiger charge is 2.30. The molecule has 25 heavy (non-hydrogen) atoms. The maximum atomic E-state index is 13.5. The van der Waals surface area contributed by atoms with Crippen molar-refractivity contribution in [3.8, 4) is 0 Å². The lowest BCUT2D eigenvalue weighted by Crippen LogP contribution is -2.41. The summed E-state index contributed by atoms with van der Waals surface area (Å²) in [5, 5.41) is 19.7. The highest BCUT2D eigenvalue weighted by atomic mass is 32.2. The summed E-state index contributed by atoms with van der Waals surface area (Å²) in [7, 11) is 0. The SMILES string of the molecule is CC/C(O)=C\C(=C(/C)O)c1cccc(C(CF)N[S+]([O-])C(C)(C)C)c1. The summed E-state index contributed by atoms with van der Waals surface area (Å²) in [5.41, 5.74) is 1.75. The number of benzene rings is 1. The molecule has 0 spiro atoms. The number of hydrogen-bond acceptors (Lipinski definition) is 4. The molecule has 1 aromatic carbocycles. The second-order valence-electron chi connectivity index (χ2n) is 6.82. The van der Waals surface area contributed by atoms with Crippen molar-refractivity contribution in [2.24, 2.45) is 0 Å². The van der Waals surface area contributed by atoms with E-state index in [2.05, 4.69) is 4.72 Å². The molecule has 140 valence electrons. The smallest absolute Gasteiger partial charge is 0.136 e. The predicted molar refractivity (Wildman–Crippen MR) is 102 cm³/mol. The Labute approximate surface area is 152 Å². The number of aliphatic hydroxyl groups excluding tert-OH is 2. The van der Waals surface area contributed by atoms with Crippen LogP contribution in [0, 0.1) is 0 Å². The highest BCUT2D eigenvalue weighted by molar-refractivity contribution is 7.90. The van der Waals surface area contributed by atoms with E-state index in [1.54, 1.807) is 31.2 Å². The van der Waals surface area contributed by atoms with Crippen molar-refractivity contribution in [2.45, 2.75) is 51.8 Å². The Bertz CT molecular complexity index is 634. The van der Waals surface area contributed by atoms with Crippen molar-refractivity contribution in [3.05, 3.63) is 53.0 Å². The minimum atomic E-state index is -1.41. The van der Waals surface area contributed by atoms with Crippen molar-refractivity contribution < 1.29 is 19.2 Å². The molecule has 0 amide bonds. The Kier molecular flexibility index (Phi) is 7.99. The van der Waals surface area contributed by atoms with Gasteiger partial charge in [-0.3, -0.25) is 0 Å². The zero-order valence-electron chi connectivity index (χ0n) is 15.5. The monoisotopic (exact) mass is 369 g/mol. The van der Waals surface area contributed by atoms with Crippen molar-refractivity contribution in [1.29, 1.82) is 0 Å². The molecule has 0 aromatic heterocycles. The molecule has 1 aromatic rings. The van der Waals surface area contributed by atoms with E-state index in [9.17, 15) is 19.2 Å². The van der Waals surface area contributed by atoms with Gasteiger partial charge in [0, 0.05) is 23.4 Å². The van der Waals surface area contributed by atoms with Crippen LogP contribution >= 0.6 is 0 Å². The van der Waals surface area contributed by atoms with E-state index in [0.29, 0.717) is 23.1 Å². The second kappa shape index (κ2) is 9.27. The standard InChI is InChI=1S/C19H28FNO3S/c1-6-16(23)11-17(13(2)22)14-8-7-9-15(10-14)18(12-20)21-25(24)19(3,4)5/h7-11,18,21-23H,6,12H2,1-5H3/b16-11+,17-13-. The fourth-order valence-electron chi connectivity index (χ4n) is 2.08. The third-order valence-electron chi connectivity index (χ3n) is 3.62. The molecule has 0 aliphatic heterocycles. The molecular formula is C19H28FNO3S. The number of allylic oxidation sites excluding steroid dienone is 4. The largest absolute Gasteiger partial charge is 0.598 e. The van der Waals surface area contributed by atoms with E-state index >= 15 is 0 Å². The molecule has 1 rings (SSSR count). The summed E-state index contributed by atoms with van der Waals surface area (Å²) in [6.45, 7) is 8.07. The Morgan fingerprint density at radius 2 is 2.00 bits per heavy atom. The van der Waals surface area contributed by atoms with Crippen LogP contribution < -0.4 is 4.72 Å². The van der Waals surface area contributed by atoms with E-state index in [1.165, 1.54) is 13.0 Å².